The highest BCUT2D eigenvalue weighted by molar-refractivity contribution is 5.80. The average Bonchev–Trinajstić information content (AvgIpc) is 2.73. The number of pyridine rings is 1. The number of halogens is 3. The molecule has 3 aromatic rings. The first-order chi connectivity index (χ1) is 14.3. The fourth-order valence-electron chi connectivity index (χ4n) is 2.38. The Labute approximate surface area is 169 Å². The van der Waals surface area contributed by atoms with Crippen LogP contribution in [0.4, 0.5) is 24.7 Å². The highest BCUT2D eigenvalue weighted by Gasteiger charge is 2.30. The highest BCUT2D eigenvalue weighted by atomic mass is 19.4. The summed E-state index contributed by atoms with van der Waals surface area (Å²) in [5.74, 6) is 0.743. The molecule has 0 bridgehead atoms. The second-order valence-electron chi connectivity index (χ2n) is 6.08. The van der Waals surface area contributed by atoms with E-state index in [1.807, 2.05) is 0 Å². The number of alkyl halides is 3. The number of ether oxygens (including phenoxy) is 1. The summed E-state index contributed by atoms with van der Waals surface area (Å²) >= 11 is 0. The summed E-state index contributed by atoms with van der Waals surface area (Å²) in [6, 6.07) is 15.1. The van der Waals surface area contributed by atoms with Gasteiger partial charge in [-0.25, -0.2) is 4.98 Å². The van der Waals surface area contributed by atoms with Crippen LogP contribution in [0.5, 0.6) is 5.75 Å². The van der Waals surface area contributed by atoms with Crippen LogP contribution in [0.3, 0.4) is 0 Å². The van der Waals surface area contributed by atoms with E-state index >= 15 is 0 Å². The zero-order valence-electron chi connectivity index (χ0n) is 15.3. The first kappa shape index (κ1) is 20.8. The Bertz CT molecular complexity index is 1040. The van der Waals surface area contributed by atoms with Gasteiger partial charge >= 0.3 is 6.18 Å². The van der Waals surface area contributed by atoms with E-state index in [0.29, 0.717) is 11.3 Å². The van der Waals surface area contributed by atoms with Crippen LogP contribution in [0, 0.1) is 10.1 Å². The van der Waals surface area contributed by atoms with Gasteiger partial charge in [-0.05, 0) is 47.5 Å². The number of hydrazone groups is 1. The van der Waals surface area contributed by atoms with Gasteiger partial charge in [0.1, 0.15) is 18.2 Å². The van der Waals surface area contributed by atoms with E-state index in [-0.39, 0.29) is 18.1 Å². The third-order valence-electron chi connectivity index (χ3n) is 3.89. The van der Waals surface area contributed by atoms with Crippen molar-refractivity contribution >= 4 is 17.7 Å². The molecule has 3 rings (SSSR count). The molecule has 0 radical (unpaired) electrons. The van der Waals surface area contributed by atoms with Gasteiger partial charge < -0.3 is 4.74 Å². The van der Waals surface area contributed by atoms with Crippen molar-refractivity contribution in [1.29, 1.82) is 0 Å². The van der Waals surface area contributed by atoms with Gasteiger partial charge in [0.05, 0.1) is 16.7 Å². The number of nitrogens with one attached hydrogen (secondary N) is 1. The SMILES string of the molecule is O=[N+]([O-])c1cccc(COc2ccc(/C=N\Nc3ccc(C(F)(F)F)cn3)cc2)c1. The Morgan fingerprint density at radius 1 is 1.13 bits per heavy atom. The molecule has 1 aromatic heterocycles. The Morgan fingerprint density at radius 2 is 1.90 bits per heavy atom. The fourth-order valence-corrected chi connectivity index (χ4v) is 2.38. The second kappa shape index (κ2) is 9.03. The van der Waals surface area contributed by atoms with Crippen LogP contribution in [0.25, 0.3) is 0 Å². The van der Waals surface area contributed by atoms with E-state index in [1.165, 1.54) is 24.4 Å². The van der Waals surface area contributed by atoms with Crippen LogP contribution in [-0.2, 0) is 12.8 Å². The molecule has 1 heterocycles. The van der Waals surface area contributed by atoms with Crippen molar-refractivity contribution < 1.29 is 22.8 Å². The average molecular weight is 416 g/mol. The zero-order chi connectivity index (χ0) is 21.6. The monoisotopic (exact) mass is 416 g/mol. The third kappa shape index (κ3) is 5.77. The van der Waals surface area contributed by atoms with Crippen LogP contribution in [0.1, 0.15) is 16.7 Å². The van der Waals surface area contributed by atoms with Gasteiger partial charge in [-0.3, -0.25) is 15.5 Å². The number of nitro groups is 1. The van der Waals surface area contributed by atoms with Crippen molar-refractivity contribution in [3.05, 3.63) is 93.7 Å². The molecule has 2 aromatic carbocycles. The summed E-state index contributed by atoms with van der Waals surface area (Å²) in [7, 11) is 0. The van der Waals surface area contributed by atoms with Crippen LogP contribution < -0.4 is 10.2 Å². The molecule has 1 N–H and O–H groups in total. The minimum atomic E-state index is -4.44. The highest BCUT2D eigenvalue weighted by Crippen LogP contribution is 2.28. The zero-order valence-corrected chi connectivity index (χ0v) is 15.3. The number of hydrogen-bond acceptors (Lipinski definition) is 6. The van der Waals surface area contributed by atoms with Gasteiger partial charge in [-0.1, -0.05) is 12.1 Å². The molecule has 0 fully saturated rings. The Kier molecular flexibility index (Phi) is 6.26. The summed E-state index contributed by atoms with van der Waals surface area (Å²) in [6.07, 6.45) is -2.23. The van der Waals surface area contributed by atoms with E-state index in [0.717, 1.165) is 17.8 Å². The van der Waals surface area contributed by atoms with Crippen molar-refractivity contribution in [1.82, 2.24) is 4.98 Å². The first-order valence-corrected chi connectivity index (χ1v) is 8.60. The summed E-state index contributed by atoms with van der Waals surface area (Å²) in [5, 5.41) is 14.7. The maximum absolute atomic E-state index is 12.5. The number of nitrogens with zero attached hydrogens (tertiary/aromatic N) is 3. The van der Waals surface area contributed by atoms with Gasteiger partial charge in [0, 0.05) is 18.3 Å². The van der Waals surface area contributed by atoms with Crippen LogP contribution in [-0.4, -0.2) is 16.1 Å². The molecule has 10 heteroatoms. The number of aromatic nitrogens is 1. The number of non-ortho nitro benzene ring substituents is 1. The first-order valence-electron chi connectivity index (χ1n) is 8.60. The molecule has 0 aliphatic carbocycles. The normalized spacial score (nSPS) is 11.4. The van der Waals surface area contributed by atoms with Gasteiger partial charge in [0.25, 0.3) is 5.69 Å². The smallest absolute Gasteiger partial charge is 0.417 e. The molecule has 7 nitrogen and oxygen atoms in total. The van der Waals surface area contributed by atoms with Crippen molar-refractivity contribution in [2.75, 3.05) is 5.43 Å². The molecule has 30 heavy (non-hydrogen) atoms. The van der Waals surface area contributed by atoms with E-state index < -0.39 is 16.7 Å². The van der Waals surface area contributed by atoms with Crippen molar-refractivity contribution in [3.8, 4) is 5.75 Å². The van der Waals surface area contributed by atoms with Gasteiger partial charge in [0.15, 0.2) is 0 Å². The molecule has 0 aliphatic heterocycles. The van der Waals surface area contributed by atoms with Crippen molar-refractivity contribution in [2.45, 2.75) is 12.8 Å². The number of anilines is 1. The lowest BCUT2D eigenvalue weighted by Gasteiger charge is -2.07. The largest absolute Gasteiger partial charge is 0.489 e. The Morgan fingerprint density at radius 3 is 2.53 bits per heavy atom. The quantitative estimate of drug-likeness (QED) is 0.331. The maximum atomic E-state index is 12.5. The minimum Gasteiger partial charge on any atom is -0.489 e. The molecule has 154 valence electrons. The maximum Gasteiger partial charge on any atom is 0.417 e. The molecule has 0 atom stereocenters. The van der Waals surface area contributed by atoms with Gasteiger partial charge in [-0.15, -0.1) is 0 Å². The van der Waals surface area contributed by atoms with E-state index in [9.17, 15) is 23.3 Å². The van der Waals surface area contributed by atoms with E-state index in [2.05, 4.69) is 15.5 Å². The predicted octanol–water partition coefficient (Wildman–Crippen LogP) is 5.03. The molecule has 0 spiro atoms. The standard InChI is InChI=1S/C20H15F3N4O3/c21-20(22,23)16-6-9-19(24-12-16)26-25-11-14-4-7-18(8-5-14)30-13-15-2-1-3-17(10-15)27(28)29/h1-12H,13H2,(H,24,26)/b25-11-. The predicted molar refractivity (Wildman–Crippen MR) is 104 cm³/mol. The molecule has 0 saturated heterocycles. The van der Waals surface area contributed by atoms with E-state index in [4.69, 9.17) is 4.74 Å². The molecular weight excluding hydrogens is 401 g/mol. The fraction of sp³-hybridized carbons (Fsp3) is 0.100. The topological polar surface area (TPSA) is 89.7 Å². The number of rotatable bonds is 7. The van der Waals surface area contributed by atoms with E-state index in [1.54, 1.807) is 36.4 Å². The number of nitro benzene ring substituents is 1. The lowest BCUT2D eigenvalue weighted by Crippen LogP contribution is -2.05. The minimum absolute atomic E-state index is 0.00213. The van der Waals surface area contributed by atoms with Gasteiger partial charge in [0.2, 0.25) is 0 Å². The Hall–Kier alpha value is -3.95. The number of benzene rings is 2. The summed E-state index contributed by atoms with van der Waals surface area (Å²) in [4.78, 5) is 14.0. The third-order valence-corrected chi connectivity index (χ3v) is 3.89. The molecule has 0 unspecified atom stereocenters. The summed E-state index contributed by atoms with van der Waals surface area (Å²) in [6.45, 7) is 0.177. The Balaban J connectivity index is 1.53. The van der Waals surface area contributed by atoms with Crippen molar-refractivity contribution in [2.24, 2.45) is 5.10 Å². The lowest BCUT2D eigenvalue weighted by molar-refractivity contribution is -0.384. The summed E-state index contributed by atoms with van der Waals surface area (Å²) in [5.41, 5.74) is 3.10. The van der Waals surface area contributed by atoms with Crippen LogP contribution in [0.15, 0.2) is 72.0 Å². The molecule has 0 aliphatic rings. The van der Waals surface area contributed by atoms with Gasteiger partial charge in [-0.2, -0.15) is 18.3 Å². The molecule has 0 amide bonds. The van der Waals surface area contributed by atoms with Crippen molar-refractivity contribution in [3.63, 3.8) is 0 Å². The summed E-state index contributed by atoms with van der Waals surface area (Å²) < 4.78 is 43.1. The lowest BCUT2D eigenvalue weighted by atomic mass is 10.2. The molecule has 0 saturated carbocycles. The van der Waals surface area contributed by atoms with Crippen LogP contribution >= 0.6 is 0 Å². The second-order valence-corrected chi connectivity index (χ2v) is 6.08. The molecular formula is C20H15F3N4O3. The van der Waals surface area contributed by atoms with Crippen LogP contribution in [0.2, 0.25) is 0 Å². The number of hydrogen-bond donors (Lipinski definition) is 1.